The van der Waals surface area contributed by atoms with Crippen molar-refractivity contribution < 1.29 is 53.2 Å². The van der Waals surface area contributed by atoms with Crippen LogP contribution in [0.15, 0.2) is 0 Å². The standard InChI is InChI=1S/C15H32ClO5P.Na/c1-2-3-4-5-6-7-8-9-10-11-12-20-22(18,19)21-14-15(17)13-16;/h15,17H,2-14H2,1H3,(H,18,19);/q;+1/p-1. The molecule has 0 rings (SSSR count). The number of phosphoric ester groups is 1. The van der Waals surface area contributed by atoms with Crippen LogP contribution in [0.5, 0.6) is 0 Å². The van der Waals surface area contributed by atoms with Gasteiger partial charge in [-0.05, 0) is 6.42 Å². The molecule has 0 aromatic rings. The molecule has 0 amide bonds. The summed E-state index contributed by atoms with van der Waals surface area (Å²) < 4.78 is 20.6. The molecule has 1 N–H and O–H groups in total. The van der Waals surface area contributed by atoms with Crippen LogP contribution in [-0.2, 0) is 13.6 Å². The zero-order chi connectivity index (χ0) is 16.7. The van der Waals surface area contributed by atoms with Crippen LogP contribution in [-0.4, -0.2) is 30.3 Å². The largest absolute Gasteiger partial charge is 1.00 e. The second kappa shape index (κ2) is 18.2. The number of hydrogen-bond acceptors (Lipinski definition) is 5. The molecular weight excluding hydrogens is 350 g/mol. The van der Waals surface area contributed by atoms with Gasteiger partial charge >= 0.3 is 29.6 Å². The molecule has 0 aliphatic rings. The van der Waals surface area contributed by atoms with Gasteiger partial charge in [0.1, 0.15) is 0 Å². The molecule has 8 heteroatoms. The van der Waals surface area contributed by atoms with E-state index in [9.17, 15) is 9.46 Å². The van der Waals surface area contributed by atoms with E-state index in [0.29, 0.717) is 6.42 Å². The van der Waals surface area contributed by atoms with Gasteiger partial charge in [0.2, 0.25) is 0 Å². The van der Waals surface area contributed by atoms with Gasteiger partial charge in [-0.25, -0.2) is 0 Å². The zero-order valence-corrected chi connectivity index (χ0v) is 18.3. The molecule has 0 spiro atoms. The van der Waals surface area contributed by atoms with Gasteiger partial charge in [-0.15, -0.1) is 11.6 Å². The van der Waals surface area contributed by atoms with Crippen molar-refractivity contribution in [1.82, 2.24) is 0 Å². The third-order valence-corrected chi connectivity index (χ3v) is 4.67. The number of rotatable bonds is 16. The van der Waals surface area contributed by atoms with Crippen molar-refractivity contribution in [2.24, 2.45) is 0 Å². The van der Waals surface area contributed by atoms with E-state index < -0.39 is 13.9 Å². The van der Waals surface area contributed by atoms with Crippen molar-refractivity contribution in [2.75, 3.05) is 19.1 Å². The van der Waals surface area contributed by atoms with Crippen molar-refractivity contribution in [3.05, 3.63) is 0 Å². The first-order chi connectivity index (χ1) is 10.5. The zero-order valence-electron chi connectivity index (χ0n) is 14.7. The van der Waals surface area contributed by atoms with E-state index in [-0.39, 0.29) is 48.7 Å². The number of unbranched alkanes of at least 4 members (excludes halogenated alkanes) is 9. The Labute approximate surface area is 168 Å². The Bertz CT molecular complexity index is 297. The summed E-state index contributed by atoms with van der Waals surface area (Å²) in [5, 5.41) is 9.11. The number of aliphatic hydroxyl groups excluding tert-OH is 1. The summed E-state index contributed by atoms with van der Waals surface area (Å²) in [6.07, 6.45) is 10.8. The number of phosphoric acid groups is 1. The maximum Gasteiger partial charge on any atom is 1.00 e. The van der Waals surface area contributed by atoms with E-state index in [2.05, 4.69) is 11.4 Å². The van der Waals surface area contributed by atoms with Gasteiger partial charge in [0.15, 0.2) is 0 Å². The SMILES string of the molecule is CCCCCCCCCCCCOP(=O)([O-])OCC(O)CCl.[Na+]. The van der Waals surface area contributed by atoms with Gasteiger partial charge in [0.05, 0.1) is 25.2 Å². The first-order valence-corrected chi connectivity index (χ1v) is 10.4. The Kier molecular flexibility index (Phi) is 21.0. The molecule has 0 heterocycles. The van der Waals surface area contributed by atoms with Crippen LogP contribution in [0.3, 0.4) is 0 Å². The molecule has 0 fully saturated rings. The Morgan fingerprint density at radius 3 is 1.96 bits per heavy atom. The second-order valence-corrected chi connectivity index (χ2v) is 7.29. The van der Waals surface area contributed by atoms with E-state index in [1.165, 1.54) is 44.9 Å². The summed E-state index contributed by atoms with van der Waals surface area (Å²) in [4.78, 5) is 11.3. The fraction of sp³-hybridized carbons (Fsp3) is 1.00. The minimum atomic E-state index is -4.31. The average molecular weight is 381 g/mol. The van der Waals surface area contributed by atoms with Gasteiger partial charge in [-0.2, -0.15) is 0 Å². The minimum absolute atomic E-state index is 0. The second-order valence-electron chi connectivity index (χ2n) is 5.57. The average Bonchev–Trinajstić information content (AvgIpc) is 2.50. The normalized spacial score (nSPS) is 15.0. The summed E-state index contributed by atoms with van der Waals surface area (Å²) >= 11 is 5.34. The van der Waals surface area contributed by atoms with Crippen molar-refractivity contribution >= 4 is 19.4 Å². The predicted octanol–water partition coefficient (Wildman–Crippen LogP) is 1.01. The minimum Gasteiger partial charge on any atom is -0.756 e. The van der Waals surface area contributed by atoms with Crippen LogP contribution in [0.2, 0.25) is 0 Å². The van der Waals surface area contributed by atoms with E-state index in [1.54, 1.807) is 0 Å². The van der Waals surface area contributed by atoms with Gasteiger partial charge in [-0.3, -0.25) is 4.57 Å². The summed E-state index contributed by atoms with van der Waals surface area (Å²) in [5.74, 6) is -0.0710. The molecule has 0 radical (unpaired) electrons. The van der Waals surface area contributed by atoms with Crippen molar-refractivity contribution in [3.63, 3.8) is 0 Å². The number of alkyl halides is 1. The Morgan fingerprint density at radius 1 is 1.00 bits per heavy atom. The predicted molar refractivity (Wildman–Crippen MR) is 88.1 cm³/mol. The number of aliphatic hydroxyl groups is 1. The van der Waals surface area contributed by atoms with E-state index in [4.69, 9.17) is 21.2 Å². The monoisotopic (exact) mass is 380 g/mol. The van der Waals surface area contributed by atoms with Gasteiger partial charge < -0.3 is 19.0 Å². The summed E-state index contributed by atoms with van der Waals surface area (Å²) in [5.41, 5.74) is 0. The molecule has 134 valence electrons. The fourth-order valence-electron chi connectivity index (χ4n) is 2.02. The van der Waals surface area contributed by atoms with Crippen LogP contribution in [0, 0.1) is 0 Å². The Hall–Kier alpha value is 1.36. The van der Waals surface area contributed by atoms with Crippen molar-refractivity contribution in [1.29, 1.82) is 0 Å². The maximum atomic E-state index is 11.3. The summed E-state index contributed by atoms with van der Waals surface area (Å²) in [6.45, 7) is 1.99. The van der Waals surface area contributed by atoms with Crippen molar-refractivity contribution in [3.8, 4) is 0 Å². The molecule has 23 heavy (non-hydrogen) atoms. The van der Waals surface area contributed by atoms with E-state index in [0.717, 1.165) is 12.8 Å². The van der Waals surface area contributed by atoms with Crippen molar-refractivity contribution in [2.45, 2.75) is 77.2 Å². The smallest absolute Gasteiger partial charge is 0.756 e. The summed E-state index contributed by atoms with van der Waals surface area (Å²) in [6, 6.07) is 0. The van der Waals surface area contributed by atoms with Crippen LogP contribution in [0.4, 0.5) is 0 Å². The quantitative estimate of drug-likeness (QED) is 0.187. The molecule has 2 atom stereocenters. The fourth-order valence-corrected chi connectivity index (χ4v) is 2.90. The first-order valence-electron chi connectivity index (χ1n) is 8.36. The third-order valence-electron chi connectivity index (χ3n) is 3.35. The maximum absolute atomic E-state index is 11.3. The Morgan fingerprint density at radius 2 is 1.48 bits per heavy atom. The third kappa shape index (κ3) is 19.5. The van der Waals surface area contributed by atoms with Gasteiger partial charge in [0, 0.05) is 0 Å². The molecule has 0 aliphatic carbocycles. The summed E-state index contributed by atoms with van der Waals surface area (Å²) in [7, 11) is -4.31. The molecule has 0 bridgehead atoms. The van der Waals surface area contributed by atoms with Crippen LogP contribution < -0.4 is 34.5 Å². The molecule has 0 aliphatic heterocycles. The molecule has 2 unspecified atom stereocenters. The van der Waals surface area contributed by atoms with Gasteiger partial charge in [0.25, 0.3) is 7.82 Å². The molecule has 0 saturated heterocycles. The van der Waals surface area contributed by atoms with E-state index in [1.807, 2.05) is 0 Å². The Balaban J connectivity index is 0. The van der Waals surface area contributed by atoms with Gasteiger partial charge in [-0.1, -0.05) is 64.7 Å². The molecule has 0 saturated carbocycles. The molecule has 5 nitrogen and oxygen atoms in total. The molecular formula is C15H31ClNaO5P. The van der Waals surface area contributed by atoms with E-state index >= 15 is 0 Å². The van der Waals surface area contributed by atoms with Crippen LogP contribution in [0.25, 0.3) is 0 Å². The first kappa shape index (κ1) is 26.6. The van der Waals surface area contributed by atoms with Crippen LogP contribution in [0.1, 0.15) is 71.1 Å². The van der Waals surface area contributed by atoms with Crippen LogP contribution >= 0.6 is 19.4 Å². The molecule has 0 aromatic heterocycles. The number of hydrogen-bond donors (Lipinski definition) is 1. The topological polar surface area (TPSA) is 78.8 Å². The number of halogens is 1. The molecule has 0 aromatic carbocycles.